The zero-order valence-electron chi connectivity index (χ0n) is 11.2. The molecular formula is C13H23N3O3. The molecule has 6 heteroatoms. The van der Waals surface area contributed by atoms with E-state index in [2.05, 4.69) is 10.6 Å². The maximum atomic E-state index is 11.9. The Labute approximate surface area is 113 Å². The zero-order valence-corrected chi connectivity index (χ0v) is 11.2. The second-order valence-corrected chi connectivity index (χ2v) is 5.48. The van der Waals surface area contributed by atoms with Crippen molar-refractivity contribution in [1.29, 1.82) is 0 Å². The molecule has 1 heterocycles. The third kappa shape index (κ3) is 4.09. The SMILES string of the molecule is O=C(O)C1CCC(CNC(=O)N2CCNCC2)CC1. The number of carbonyl (C=O) groups excluding carboxylic acids is 1. The molecule has 19 heavy (non-hydrogen) atoms. The van der Waals surface area contributed by atoms with Crippen molar-refractivity contribution < 1.29 is 14.7 Å². The number of urea groups is 1. The van der Waals surface area contributed by atoms with Crippen molar-refractivity contribution in [3.8, 4) is 0 Å². The smallest absolute Gasteiger partial charge is 0.317 e. The summed E-state index contributed by atoms with van der Waals surface area (Å²) in [5.41, 5.74) is 0. The van der Waals surface area contributed by atoms with E-state index in [0.717, 1.165) is 51.9 Å². The fraction of sp³-hybridized carbons (Fsp3) is 0.846. The van der Waals surface area contributed by atoms with Crippen molar-refractivity contribution >= 4 is 12.0 Å². The molecule has 0 aromatic heterocycles. The Balaban J connectivity index is 1.66. The maximum absolute atomic E-state index is 11.9. The highest BCUT2D eigenvalue weighted by atomic mass is 16.4. The highest BCUT2D eigenvalue weighted by molar-refractivity contribution is 5.74. The minimum absolute atomic E-state index is 0.0156. The molecule has 2 aliphatic rings. The lowest BCUT2D eigenvalue weighted by molar-refractivity contribution is -0.143. The van der Waals surface area contributed by atoms with Crippen molar-refractivity contribution in [2.75, 3.05) is 32.7 Å². The molecule has 2 rings (SSSR count). The molecule has 1 aliphatic heterocycles. The van der Waals surface area contributed by atoms with Gasteiger partial charge in [0.2, 0.25) is 0 Å². The number of carboxylic acid groups (broad SMARTS) is 1. The fourth-order valence-corrected chi connectivity index (χ4v) is 2.82. The van der Waals surface area contributed by atoms with Crippen LogP contribution in [0.15, 0.2) is 0 Å². The summed E-state index contributed by atoms with van der Waals surface area (Å²) in [6.45, 7) is 3.92. The first-order valence-corrected chi connectivity index (χ1v) is 7.13. The van der Waals surface area contributed by atoms with Crippen LogP contribution in [-0.4, -0.2) is 54.7 Å². The molecule has 0 unspecified atom stereocenters. The monoisotopic (exact) mass is 269 g/mol. The van der Waals surface area contributed by atoms with E-state index >= 15 is 0 Å². The maximum Gasteiger partial charge on any atom is 0.317 e. The Hall–Kier alpha value is -1.30. The number of carboxylic acids is 1. The lowest BCUT2D eigenvalue weighted by atomic mass is 9.82. The largest absolute Gasteiger partial charge is 0.481 e. The molecule has 0 atom stereocenters. The van der Waals surface area contributed by atoms with Crippen molar-refractivity contribution in [2.24, 2.45) is 11.8 Å². The molecule has 6 nitrogen and oxygen atoms in total. The van der Waals surface area contributed by atoms with Crippen molar-refractivity contribution in [3.05, 3.63) is 0 Å². The lowest BCUT2D eigenvalue weighted by Gasteiger charge is -2.30. The summed E-state index contributed by atoms with van der Waals surface area (Å²) in [4.78, 5) is 24.6. The highest BCUT2D eigenvalue weighted by Crippen LogP contribution is 2.28. The molecule has 1 saturated heterocycles. The van der Waals surface area contributed by atoms with Crippen LogP contribution in [0.1, 0.15) is 25.7 Å². The highest BCUT2D eigenvalue weighted by Gasteiger charge is 2.26. The third-order valence-electron chi connectivity index (χ3n) is 4.14. The minimum Gasteiger partial charge on any atom is -0.481 e. The molecule has 0 spiro atoms. The predicted octanol–water partition coefficient (Wildman–Crippen LogP) is 0.492. The average molecular weight is 269 g/mol. The van der Waals surface area contributed by atoms with Crippen LogP contribution < -0.4 is 10.6 Å². The lowest BCUT2D eigenvalue weighted by Crippen LogP contribution is -2.51. The van der Waals surface area contributed by atoms with Gasteiger partial charge in [0.15, 0.2) is 0 Å². The van der Waals surface area contributed by atoms with Crippen LogP contribution in [0.4, 0.5) is 4.79 Å². The van der Waals surface area contributed by atoms with E-state index < -0.39 is 5.97 Å². The van der Waals surface area contributed by atoms with Gasteiger partial charge in [0.25, 0.3) is 0 Å². The van der Waals surface area contributed by atoms with E-state index in [1.807, 2.05) is 4.90 Å². The number of nitrogens with zero attached hydrogens (tertiary/aromatic N) is 1. The van der Waals surface area contributed by atoms with Crippen LogP contribution in [-0.2, 0) is 4.79 Å². The summed E-state index contributed by atoms with van der Waals surface area (Å²) >= 11 is 0. The summed E-state index contributed by atoms with van der Waals surface area (Å²) < 4.78 is 0. The standard InChI is InChI=1S/C13H23N3O3/c17-12(18)11-3-1-10(2-4-11)9-15-13(19)16-7-5-14-6-8-16/h10-11,14H,1-9H2,(H,15,19)(H,17,18). The second-order valence-electron chi connectivity index (χ2n) is 5.48. The number of hydrogen-bond donors (Lipinski definition) is 3. The predicted molar refractivity (Wildman–Crippen MR) is 70.9 cm³/mol. The van der Waals surface area contributed by atoms with E-state index in [1.54, 1.807) is 0 Å². The van der Waals surface area contributed by atoms with Gasteiger partial charge in [-0.15, -0.1) is 0 Å². The zero-order chi connectivity index (χ0) is 13.7. The van der Waals surface area contributed by atoms with Gasteiger partial charge in [0.1, 0.15) is 0 Å². The average Bonchev–Trinajstić information content (AvgIpc) is 2.46. The van der Waals surface area contributed by atoms with Gasteiger partial charge in [-0.2, -0.15) is 0 Å². The normalized spacial score (nSPS) is 27.9. The minimum atomic E-state index is -0.677. The molecule has 0 radical (unpaired) electrons. The molecule has 3 N–H and O–H groups in total. The van der Waals surface area contributed by atoms with Crippen molar-refractivity contribution in [2.45, 2.75) is 25.7 Å². The van der Waals surface area contributed by atoms with E-state index in [0.29, 0.717) is 12.5 Å². The van der Waals surface area contributed by atoms with E-state index in [-0.39, 0.29) is 11.9 Å². The number of rotatable bonds is 3. The summed E-state index contributed by atoms with van der Waals surface area (Å²) in [6, 6.07) is 0.0156. The number of amides is 2. The topological polar surface area (TPSA) is 81.7 Å². The van der Waals surface area contributed by atoms with Gasteiger partial charge in [-0.25, -0.2) is 4.79 Å². The molecule has 2 fully saturated rings. The van der Waals surface area contributed by atoms with Crippen LogP contribution in [0.5, 0.6) is 0 Å². The van der Waals surface area contributed by atoms with Crippen LogP contribution >= 0.6 is 0 Å². The van der Waals surface area contributed by atoms with E-state index in [4.69, 9.17) is 5.11 Å². The number of hydrogen-bond acceptors (Lipinski definition) is 3. The number of piperazine rings is 1. The van der Waals surface area contributed by atoms with Gasteiger partial charge in [-0.3, -0.25) is 4.79 Å². The number of nitrogens with one attached hydrogen (secondary N) is 2. The van der Waals surface area contributed by atoms with E-state index in [9.17, 15) is 9.59 Å². The van der Waals surface area contributed by atoms with Crippen molar-refractivity contribution in [3.63, 3.8) is 0 Å². The summed E-state index contributed by atoms with van der Waals surface area (Å²) in [5.74, 6) is -0.425. The Morgan fingerprint density at radius 1 is 1.16 bits per heavy atom. The van der Waals surface area contributed by atoms with Crippen LogP contribution in [0.3, 0.4) is 0 Å². The Bertz CT molecular complexity index is 321. The van der Waals surface area contributed by atoms with Gasteiger partial charge in [-0.1, -0.05) is 0 Å². The molecule has 0 aromatic carbocycles. The van der Waals surface area contributed by atoms with E-state index in [1.165, 1.54) is 0 Å². The summed E-state index contributed by atoms with van der Waals surface area (Å²) in [7, 11) is 0. The first-order chi connectivity index (χ1) is 9.16. The number of carbonyl (C=O) groups is 2. The van der Waals surface area contributed by atoms with Crippen LogP contribution in [0, 0.1) is 11.8 Å². The first kappa shape index (κ1) is 14.1. The molecule has 0 aromatic rings. The Morgan fingerprint density at radius 3 is 2.37 bits per heavy atom. The number of aliphatic carboxylic acids is 1. The van der Waals surface area contributed by atoms with Crippen LogP contribution in [0.2, 0.25) is 0 Å². The Kier molecular flexibility index (Phi) is 5.01. The van der Waals surface area contributed by atoms with Gasteiger partial charge < -0.3 is 20.6 Å². The van der Waals surface area contributed by atoms with Gasteiger partial charge in [0.05, 0.1) is 5.92 Å². The third-order valence-corrected chi connectivity index (χ3v) is 4.14. The summed E-state index contributed by atoms with van der Waals surface area (Å²) in [6.07, 6.45) is 3.28. The van der Waals surface area contributed by atoms with Gasteiger partial charge in [0, 0.05) is 32.7 Å². The fourth-order valence-electron chi connectivity index (χ4n) is 2.82. The molecule has 108 valence electrons. The molecule has 2 amide bonds. The van der Waals surface area contributed by atoms with Gasteiger partial charge in [-0.05, 0) is 31.6 Å². The molecule has 0 bridgehead atoms. The second kappa shape index (κ2) is 6.75. The van der Waals surface area contributed by atoms with Gasteiger partial charge >= 0.3 is 12.0 Å². The molecule has 1 saturated carbocycles. The van der Waals surface area contributed by atoms with Crippen LogP contribution in [0.25, 0.3) is 0 Å². The molecular weight excluding hydrogens is 246 g/mol. The van der Waals surface area contributed by atoms with Crippen molar-refractivity contribution in [1.82, 2.24) is 15.5 Å². The Morgan fingerprint density at radius 2 is 1.79 bits per heavy atom. The molecule has 1 aliphatic carbocycles. The first-order valence-electron chi connectivity index (χ1n) is 7.13. The quantitative estimate of drug-likeness (QED) is 0.696. The summed E-state index contributed by atoms with van der Waals surface area (Å²) in [5, 5.41) is 15.1.